The molecule has 0 spiro atoms. The zero-order chi connectivity index (χ0) is 20.1. The summed E-state index contributed by atoms with van der Waals surface area (Å²) in [6.45, 7) is 3.72. The number of sulfonamides is 1. The van der Waals surface area contributed by atoms with Crippen molar-refractivity contribution in [3.63, 3.8) is 0 Å². The van der Waals surface area contributed by atoms with Gasteiger partial charge in [0.25, 0.3) is 5.91 Å². The molecule has 1 atom stereocenters. The number of nitrogens with one attached hydrogen (secondary N) is 2. The maximum atomic E-state index is 12.5. The topological polar surface area (TPSA) is 75.3 Å². The van der Waals surface area contributed by atoms with E-state index in [1.54, 1.807) is 11.3 Å². The van der Waals surface area contributed by atoms with Crippen molar-refractivity contribution in [2.75, 3.05) is 5.32 Å². The summed E-state index contributed by atoms with van der Waals surface area (Å²) in [5, 5.41) is 6.91. The summed E-state index contributed by atoms with van der Waals surface area (Å²) in [6.07, 6.45) is 0.699. The molecule has 7 heteroatoms. The molecule has 2 aromatic carbocycles. The van der Waals surface area contributed by atoms with Gasteiger partial charge in [-0.2, -0.15) is 11.3 Å². The van der Waals surface area contributed by atoms with Crippen LogP contribution in [0.15, 0.2) is 70.3 Å². The Kier molecular flexibility index (Phi) is 6.28. The summed E-state index contributed by atoms with van der Waals surface area (Å²) < 4.78 is 27.2. The van der Waals surface area contributed by atoms with Gasteiger partial charge in [-0.25, -0.2) is 13.1 Å². The molecule has 1 heterocycles. The van der Waals surface area contributed by atoms with Crippen LogP contribution in [0.25, 0.3) is 11.1 Å². The second-order valence-electron chi connectivity index (χ2n) is 6.50. The number of amides is 1. The van der Waals surface area contributed by atoms with Crippen LogP contribution >= 0.6 is 11.3 Å². The first-order chi connectivity index (χ1) is 13.4. The molecule has 0 saturated carbocycles. The Labute approximate surface area is 169 Å². The number of hydrogen-bond donors (Lipinski definition) is 2. The first-order valence-corrected chi connectivity index (χ1v) is 11.4. The predicted octanol–water partition coefficient (Wildman–Crippen LogP) is 4.74. The van der Waals surface area contributed by atoms with Gasteiger partial charge < -0.3 is 5.32 Å². The van der Waals surface area contributed by atoms with Gasteiger partial charge in [0, 0.05) is 17.3 Å². The van der Waals surface area contributed by atoms with Crippen molar-refractivity contribution in [1.82, 2.24) is 4.72 Å². The van der Waals surface area contributed by atoms with E-state index in [4.69, 9.17) is 0 Å². The summed E-state index contributed by atoms with van der Waals surface area (Å²) in [6, 6.07) is 15.4. The molecule has 0 radical (unpaired) electrons. The quantitative estimate of drug-likeness (QED) is 0.586. The van der Waals surface area contributed by atoms with Crippen molar-refractivity contribution in [2.24, 2.45) is 0 Å². The Morgan fingerprint density at radius 1 is 1.07 bits per heavy atom. The standard InChI is InChI=1S/C21H22N2O3S2/c1-3-15(2)23-28(25,26)20-9-7-16(8-10-20)21(24)22-19-6-4-5-17(13-19)18-11-12-27-14-18/h4-15,23H,3H2,1-2H3,(H,22,24)/t15-/m1/s1. The van der Waals surface area contributed by atoms with Crippen molar-refractivity contribution in [2.45, 2.75) is 31.2 Å². The van der Waals surface area contributed by atoms with Crippen LogP contribution in [0, 0.1) is 0 Å². The maximum absolute atomic E-state index is 12.5. The smallest absolute Gasteiger partial charge is 0.255 e. The predicted molar refractivity (Wildman–Crippen MR) is 114 cm³/mol. The van der Waals surface area contributed by atoms with Crippen LogP contribution in [0.4, 0.5) is 5.69 Å². The third-order valence-electron chi connectivity index (χ3n) is 4.37. The second kappa shape index (κ2) is 8.68. The highest BCUT2D eigenvalue weighted by molar-refractivity contribution is 7.89. The average Bonchev–Trinajstić information content (AvgIpc) is 3.23. The van der Waals surface area contributed by atoms with Crippen LogP contribution in [0.5, 0.6) is 0 Å². The van der Waals surface area contributed by atoms with Crippen LogP contribution in [0.2, 0.25) is 0 Å². The molecular weight excluding hydrogens is 392 g/mol. The van der Waals surface area contributed by atoms with Gasteiger partial charge in [0.2, 0.25) is 10.0 Å². The van der Waals surface area contributed by atoms with E-state index in [0.717, 1.165) is 11.1 Å². The molecule has 1 amide bonds. The molecule has 0 aliphatic rings. The molecule has 3 rings (SSSR count). The Balaban J connectivity index is 1.73. The number of anilines is 1. The number of benzene rings is 2. The molecule has 0 unspecified atom stereocenters. The highest BCUT2D eigenvalue weighted by atomic mass is 32.2. The minimum absolute atomic E-state index is 0.142. The largest absolute Gasteiger partial charge is 0.322 e. The van der Waals surface area contributed by atoms with E-state index in [1.807, 2.05) is 54.9 Å². The first-order valence-electron chi connectivity index (χ1n) is 8.95. The fourth-order valence-corrected chi connectivity index (χ4v) is 4.60. The van der Waals surface area contributed by atoms with Gasteiger partial charge in [0.05, 0.1) is 4.90 Å². The third kappa shape index (κ3) is 4.86. The van der Waals surface area contributed by atoms with Crippen molar-refractivity contribution >= 4 is 33.0 Å². The molecule has 0 aliphatic heterocycles. The van der Waals surface area contributed by atoms with E-state index in [9.17, 15) is 13.2 Å². The van der Waals surface area contributed by atoms with Crippen LogP contribution in [0.3, 0.4) is 0 Å². The lowest BCUT2D eigenvalue weighted by Crippen LogP contribution is -2.32. The zero-order valence-corrected chi connectivity index (χ0v) is 17.3. The number of thiophene rings is 1. The van der Waals surface area contributed by atoms with Crippen LogP contribution < -0.4 is 10.0 Å². The molecule has 2 N–H and O–H groups in total. The van der Waals surface area contributed by atoms with Crippen molar-refractivity contribution in [1.29, 1.82) is 0 Å². The molecule has 3 aromatic rings. The van der Waals surface area contributed by atoms with Crippen LogP contribution in [-0.2, 0) is 10.0 Å². The minimum atomic E-state index is -3.58. The Hall–Kier alpha value is -2.48. The van der Waals surface area contributed by atoms with Gasteiger partial charge >= 0.3 is 0 Å². The van der Waals surface area contributed by atoms with E-state index >= 15 is 0 Å². The number of carbonyl (C=O) groups excluding carboxylic acids is 1. The zero-order valence-electron chi connectivity index (χ0n) is 15.7. The molecular formula is C21H22N2O3S2. The van der Waals surface area contributed by atoms with E-state index in [0.29, 0.717) is 17.7 Å². The van der Waals surface area contributed by atoms with Gasteiger partial charge in [-0.15, -0.1) is 0 Å². The minimum Gasteiger partial charge on any atom is -0.322 e. The van der Waals surface area contributed by atoms with Crippen LogP contribution in [0.1, 0.15) is 30.6 Å². The van der Waals surface area contributed by atoms with E-state index in [1.165, 1.54) is 24.3 Å². The molecule has 5 nitrogen and oxygen atoms in total. The summed E-state index contributed by atoms with van der Waals surface area (Å²) in [7, 11) is -3.58. The van der Waals surface area contributed by atoms with E-state index in [2.05, 4.69) is 10.0 Å². The Morgan fingerprint density at radius 3 is 2.46 bits per heavy atom. The molecule has 0 aliphatic carbocycles. The summed E-state index contributed by atoms with van der Waals surface area (Å²) >= 11 is 1.62. The lowest BCUT2D eigenvalue weighted by molar-refractivity contribution is 0.102. The monoisotopic (exact) mass is 414 g/mol. The van der Waals surface area contributed by atoms with Gasteiger partial charge in [-0.3, -0.25) is 4.79 Å². The molecule has 1 aromatic heterocycles. The molecule has 146 valence electrons. The maximum Gasteiger partial charge on any atom is 0.255 e. The summed E-state index contributed by atoms with van der Waals surface area (Å²) in [5.74, 6) is -0.290. The first kappa shape index (κ1) is 20.3. The third-order valence-corrected chi connectivity index (χ3v) is 6.66. The Bertz CT molecular complexity index is 1040. The van der Waals surface area contributed by atoms with Gasteiger partial charge in [0.1, 0.15) is 0 Å². The lowest BCUT2D eigenvalue weighted by Gasteiger charge is -2.12. The summed E-state index contributed by atoms with van der Waals surface area (Å²) in [5.41, 5.74) is 3.20. The fraction of sp³-hybridized carbons (Fsp3) is 0.190. The fourth-order valence-electron chi connectivity index (χ4n) is 2.61. The SMILES string of the molecule is CC[C@@H](C)NS(=O)(=O)c1ccc(C(=O)Nc2cccc(-c3ccsc3)c2)cc1. The van der Waals surface area contributed by atoms with Gasteiger partial charge in [-0.05, 0) is 77.7 Å². The normalized spacial score (nSPS) is 12.5. The highest BCUT2D eigenvalue weighted by Crippen LogP contribution is 2.25. The molecule has 0 saturated heterocycles. The van der Waals surface area contributed by atoms with Crippen molar-refractivity contribution in [3.8, 4) is 11.1 Å². The van der Waals surface area contributed by atoms with E-state index in [-0.39, 0.29) is 16.8 Å². The van der Waals surface area contributed by atoms with E-state index < -0.39 is 10.0 Å². The molecule has 28 heavy (non-hydrogen) atoms. The van der Waals surface area contributed by atoms with Crippen LogP contribution in [-0.4, -0.2) is 20.4 Å². The number of carbonyl (C=O) groups is 1. The molecule has 0 bridgehead atoms. The summed E-state index contributed by atoms with van der Waals surface area (Å²) in [4.78, 5) is 12.7. The number of rotatable bonds is 7. The molecule has 0 fully saturated rings. The second-order valence-corrected chi connectivity index (χ2v) is 9.00. The Morgan fingerprint density at radius 2 is 1.82 bits per heavy atom. The van der Waals surface area contributed by atoms with Gasteiger partial charge in [0.15, 0.2) is 0 Å². The lowest BCUT2D eigenvalue weighted by atomic mass is 10.1. The average molecular weight is 415 g/mol. The number of hydrogen-bond acceptors (Lipinski definition) is 4. The highest BCUT2D eigenvalue weighted by Gasteiger charge is 2.17. The van der Waals surface area contributed by atoms with Crippen molar-refractivity contribution in [3.05, 3.63) is 70.9 Å². The van der Waals surface area contributed by atoms with Crippen molar-refractivity contribution < 1.29 is 13.2 Å². The van der Waals surface area contributed by atoms with Gasteiger partial charge in [-0.1, -0.05) is 19.1 Å².